The lowest BCUT2D eigenvalue weighted by atomic mass is 10.1. The third-order valence-electron chi connectivity index (χ3n) is 4.19. The predicted octanol–water partition coefficient (Wildman–Crippen LogP) is 3.43. The fourth-order valence-electron chi connectivity index (χ4n) is 2.68. The Bertz CT molecular complexity index is 814. The van der Waals surface area contributed by atoms with E-state index in [2.05, 4.69) is 29.4 Å². The molecule has 2 amide bonds. The SMILES string of the molecule is CCN(CC)c1ccc(NC(=O)C(=O)Nc2cc(C)ccc2O)c(C)c1. The standard InChI is InChI=1S/C20H25N3O3/c1-5-23(6-2)15-8-9-16(14(4)12-15)21-19(25)20(26)22-17-11-13(3)7-10-18(17)24/h7-12,24H,5-6H2,1-4H3,(H,21,25)(H,22,26). The first kappa shape index (κ1) is 19.3. The van der Waals surface area contributed by atoms with Gasteiger partial charge >= 0.3 is 11.8 Å². The molecule has 0 atom stereocenters. The molecule has 0 saturated carbocycles. The van der Waals surface area contributed by atoms with Crippen molar-refractivity contribution < 1.29 is 14.7 Å². The van der Waals surface area contributed by atoms with Gasteiger partial charge < -0.3 is 20.6 Å². The number of benzene rings is 2. The van der Waals surface area contributed by atoms with Gasteiger partial charge in [-0.25, -0.2) is 0 Å². The van der Waals surface area contributed by atoms with Gasteiger partial charge in [-0.15, -0.1) is 0 Å². The number of nitrogens with zero attached hydrogens (tertiary/aromatic N) is 1. The summed E-state index contributed by atoms with van der Waals surface area (Å²) in [6, 6.07) is 10.5. The second-order valence-corrected chi connectivity index (χ2v) is 6.10. The minimum atomic E-state index is -0.835. The van der Waals surface area contributed by atoms with Crippen molar-refractivity contribution in [3.8, 4) is 5.75 Å². The third-order valence-corrected chi connectivity index (χ3v) is 4.19. The first-order chi connectivity index (χ1) is 12.3. The molecule has 0 unspecified atom stereocenters. The molecule has 0 aliphatic rings. The van der Waals surface area contributed by atoms with Gasteiger partial charge in [-0.2, -0.15) is 0 Å². The van der Waals surface area contributed by atoms with Crippen LogP contribution in [0.3, 0.4) is 0 Å². The zero-order valence-corrected chi connectivity index (χ0v) is 15.6. The van der Waals surface area contributed by atoms with Gasteiger partial charge in [-0.3, -0.25) is 9.59 Å². The Morgan fingerprint density at radius 1 is 0.923 bits per heavy atom. The summed E-state index contributed by atoms with van der Waals surface area (Å²) in [6.45, 7) is 9.66. The van der Waals surface area contributed by atoms with Crippen LogP contribution < -0.4 is 15.5 Å². The number of amides is 2. The van der Waals surface area contributed by atoms with Crippen molar-refractivity contribution in [2.45, 2.75) is 27.7 Å². The fraction of sp³-hybridized carbons (Fsp3) is 0.300. The number of carbonyl (C=O) groups excluding carboxylic acids is 2. The van der Waals surface area contributed by atoms with Crippen molar-refractivity contribution in [1.82, 2.24) is 0 Å². The number of phenolic OH excluding ortho intramolecular Hbond substituents is 1. The minimum absolute atomic E-state index is 0.0866. The van der Waals surface area contributed by atoms with Crippen LogP contribution in [0.4, 0.5) is 17.1 Å². The molecular formula is C20H25N3O3. The summed E-state index contributed by atoms with van der Waals surface area (Å²) in [5.41, 5.74) is 3.59. The van der Waals surface area contributed by atoms with E-state index in [9.17, 15) is 14.7 Å². The molecule has 6 nitrogen and oxygen atoms in total. The number of hydrogen-bond acceptors (Lipinski definition) is 4. The average molecular weight is 355 g/mol. The molecule has 2 aromatic carbocycles. The second kappa shape index (κ2) is 8.38. The smallest absolute Gasteiger partial charge is 0.314 e. The summed E-state index contributed by atoms with van der Waals surface area (Å²) in [4.78, 5) is 26.5. The maximum Gasteiger partial charge on any atom is 0.314 e. The van der Waals surface area contributed by atoms with Crippen LogP contribution in [0.1, 0.15) is 25.0 Å². The molecule has 0 aliphatic heterocycles. The van der Waals surface area contributed by atoms with E-state index in [-0.39, 0.29) is 11.4 Å². The lowest BCUT2D eigenvalue weighted by molar-refractivity contribution is -0.133. The van der Waals surface area contributed by atoms with E-state index in [1.165, 1.54) is 6.07 Å². The molecule has 0 spiro atoms. The van der Waals surface area contributed by atoms with Gasteiger partial charge in [0, 0.05) is 24.5 Å². The quantitative estimate of drug-likeness (QED) is 0.567. The molecular weight excluding hydrogens is 330 g/mol. The molecule has 0 aromatic heterocycles. The van der Waals surface area contributed by atoms with Crippen LogP contribution in [0.2, 0.25) is 0 Å². The van der Waals surface area contributed by atoms with Gasteiger partial charge in [0.05, 0.1) is 5.69 Å². The lowest BCUT2D eigenvalue weighted by Gasteiger charge is -2.22. The Morgan fingerprint density at radius 3 is 2.12 bits per heavy atom. The van der Waals surface area contributed by atoms with Crippen molar-refractivity contribution in [2.75, 3.05) is 28.6 Å². The largest absolute Gasteiger partial charge is 0.506 e. The summed E-state index contributed by atoms with van der Waals surface area (Å²) < 4.78 is 0. The summed E-state index contributed by atoms with van der Waals surface area (Å²) in [7, 11) is 0. The monoisotopic (exact) mass is 355 g/mol. The van der Waals surface area contributed by atoms with Crippen molar-refractivity contribution in [1.29, 1.82) is 0 Å². The molecule has 138 valence electrons. The fourth-order valence-corrected chi connectivity index (χ4v) is 2.68. The maximum absolute atomic E-state index is 12.2. The van der Waals surface area contributed by atoms with Crippen molar-refractivity contribution in [2.24, 2.45) is 0 Å². The van der Waals surface area contributed by atoms with E-state index in [4.69, 9.17) is 0 Å². The number of rotatable bonds is 5. The minimum Gasteiger partial charge on any atom is -0.506 e. The molecule has 2 aromatic rings. The molecule has 0 aliphatic carbocycles. The van der Waals surface area contributed by atoms with Crippen LogP contribution in [0.15, 0.2) is 36.4 Å². The molecule has 0 heterocycles. The first-order valence-corrected chi connectivity index (χ1v) is 8.63. The number of hydrogen-bond donors (Lipinski definition) is 3. The van der Waals surface area contributed by atoms with Crippen molar-refractivity contribution in [3.05, 3.63) is 47.5 Å². The molecule has 0 bridgehead atoms. The molecule has 26 heavy (non-hydrogen) atoms. The van der Waals surface area contributed by atoms with Gasteiger partial charge in [0.25, 0.3) is 0 Å². The number of aromatic hydroxyl groups is 1. The zero-order chi connectivity index (χ0) is 19.3. The lowest BCUT2D eigenvalue weighted by Crippen LogP contribution is -2.29. The third kappa shape index (κ3) is 4.53. The van der Waals surface area contributed by atoms with Gasteiger partial charge in [-0.05, 0) is 69.2 Å². The Balaban J connectivity index is 2.09. The van der Waals surface area contributed by atoms with Crippen LogP contribution in [0.25, 0.3) is 0 Å². The highest BCUT2D eigenvalue weighted by molar-refractivity contribution is 6.43. The van der Waals surface area contributed by atoms with Crippen molar-refractivity contribution >= 4 is 28.9 Å². The second-order valence-electron chi connectivity index (χ2n) is 6.10. The summed E-state index contributed by atoms with van der Waals surface area (Å²) >= 11 is 0. The van der Waals surface area contributed by atoms with Crippen molar-refractivity contribution in [3.63, 3.8) is 0 Å². The molecule has 0 saturated heterocycles. The number of nitrogens with one attached hydrogen (secondary N) is 2. The summed E-state index contributed by atoms with van der Waals surface area (Å²) in [6.07, 6.45) is 0. The van der Waals surface area contributed by atoms with Crippen LogP contribution in [-0.2, 0) is 9.59 Å². The predicted molar refractivity (Wildman–Crippen MR) is 105 cm³/mol. The molecule has 0 radical (unpaired) electrons. The van der Waals surface area contributed by atoms with E-state index >= 15 is 0 Å². The number of carbonyl (C=O) groups is 2. The van der Waals surface area contributed by atoms with Gasteiger partial charge in [0.15, 0.2) is 0 Å². The number of aryl methyl sites for hydroxylation is 2. The van der Waals surface area contributed by atoms with Crippen LogP contribution in [0.5, 0.6) is 5.75 Å². The zero-order valence-electron chi connectivity index (χ0n) is 15.6. The van der Waals surface area contributed by atoms with E-state index in [1.54, 1.807) is 18.2 Å². The number of anilines is 3. The van der Waals surface area contributed by atoms with Crippen LogP contribution >= 0.6 is 0 Å². The highest BCUT2D eigenvalue weighted by Crippen LogP contribution is 2.25. The van der Waals surface area contributed by atoms with Crippen LogP contribution in [0, 0.1) is 13.8 Å². The van der Waals surface area contributed by atoms with Gasteiger partial charge in [0.1, 0.15) is 5.75 Å². The normalized spacial score (nSPS) is 10.3. The summed E-state index contributed by atoms with van der Waals surface area (Å²) in [5.74, 6) is -1.71. The highest BCUT2D eigenvalue weighted by Gasteiger charge is 2.17. The topological polar surface area (TPSA) is 81.7 Å². The van der Waals surface area contributed by atoms with E-state index in [1.807, 2.05) is 26.0 Å². The van der Waals surface area contributed by atoms with Crippen LogP contribution in [-0.4, -0.2) is 30.0 Å². The average Bonchev–Trinajstić information content (AvgIpc) is 2.61. The molecule has 3 N–H and O–H groups in total. The number of phenols is 1. The van der Waals surface area contributed by atoms with Gasteiger partial charge in [-0.1, -0.05) is 6.07 Å². The van der Waals surface area contributed by atoms with E-state index in [0.717, 1.165) is 29.9 Å². The Morgan fingerprint density at radius 2 is 1.54 bits per heavy atom. The first-order valence-electron chi connectivity index (χ1n) is 8.63. The molecule has 2 rings (SSSR count). The molecule has 0 fully saturated rings. The Kier molecular flexibility index (Phi) is 6.22. The van der Waals surface area contributed by atoms with Gasteiger partial charge in [0.2, 0.25) is 0 Å². The maximum atomic E-state index is 12.2. The highest BCUT2D eigenvalue weighted by atomic mass is 16.3. The van der Waals surface area contributed by atoms with E-state index < -0.39 is 11.8 Å². The Labute approximate surface area is 153 Å². The van der Waals surface area contributed by atoms with E-state index in [0.29, 0.717) is 5.69 Å². The summed E-state index contributed by atoms with van der Waals surface area (Å²) in [5, 5.41) is 14.8. The molecule has 6 heteroatoms. The Hall–Kier alpha value is -3.02.